The second-order valence-corrected chi connectivity index (χ2v) is 32.9. The van der Waals surface area contributed by atoms with Crippen molar-refractivity contribution in [1.82, 2.24) is 18.3 Å². The minimum absolute atomic E-state index is 0.194. The van der Waals surface area contributed by atoms with Gasteiger partial charge in [-0.1, -0.05) is 222 Å². The van der Waals surface area contributed by atoms with E-state index in [1.807, 2.05) is 36.4 Å². The van der Waals surface area contributed by atoms with E-state index in [0.29, 0.717) is 191 Å². The Balaban J connectivity index is 1.22. The van der Waals surface area contributed by atoms with E-state index in [1.165, 1.54) is 18.3 Å². The predicted octanol–water partition coefficient (Wildman–Crippen LogP) is 23.1. The zero-order valence-electron chi connectivity index (χ0n) is 65.7. The summed E-state index contributed by atoms with van der Waals surface area (Å²) in [6, 6.07) is 21.9. The lowest BCUT2D eigenvalue weighted by Crippen LogP contribution is -2.37. The van der Waals surface area contributed by atoms with Crippen molar-refractivity contribution in [1.29, 1.82) is 10.5 Å². The van der Waals surface area contributed by atoms with Gasteiger partial charge in [0.1, 0.15) is 0 Å². The Morgan fingerprint density at radius 1 is 0.218 bits per heavy atom. The van der Waals surface area contributed by atoms with Crippen LogP contribution >= 0.6 is 0 Å². The molecule has 14 heteroatoms. The van der Waals surface area contributed by atoms with Crippen molar-refractivity contribution in [2.24, 2.45) is 0 Å². The molecule has 0 saturated carbocycles. The van der Waals surface area contributed by atoms with E-state index in [2.05, 4.69) is 67.5 Å². The van der Waals surface area contributed by atoms with Crippen molar-refractivity contribution in [3.8, 4) is 12.1 Å². The fraction of sp³-hybridized carbons (Fsp3) is 0.458. The topological polar surface area (TPSA) is 204 Å². The molecule has 0 aliphatic rings. The summed E-state index contributed by atoms with van der Waals surface area (Å²) in [5.74, 6) is 0. The molecule has 564 valence electrons. The van der Waals surface area contributed by atoms with Crippen LogP contribution in [0.3, 0.4) is 0 Å². The number of benzene rings is 12. The van der Waals surface area contributed by atoms with E-state index in [1.54, 1.807) is 24.3 Å². The summed E-state index contributed by atoms with van der Waals surface area (Å²) in [6.07, 6.45) is 26.2. The summed E-state index contributed by atoms with van der Waals surface area (Å²) >= 11 is 0. The number of fused-ring (bicyclic) bond motifs is 7. The number of nitrogens with zero attached hydrogens (tertiary/aromatic N) is 6. The van der Waals surface area contributed by atoms with Gasteiger partial charge in [0.2, 0.25) is 0 Å². The average molecular weight is 1470 g/mol. The first-order chi connectivity index (χ1) is 53.6. The van der Waals surface area contributed by atoms with Crippen LogP contribution in [0.2, 0.25) is 0 Å². The lowest BCUT2D eigenvalue weighted by molar-refractivity contribution is 0.387. The Bertz CT molecular complexity index is 6420. The second kappa shape index (κ2) is 30.1. The van der Waals surface area contributed by atoms with E-state index < -0.39 is 68.6 Å². The molecule has 110 heavy (non-hydrogen) atoms. The molecule has 0 spiro atoms. The van der Waals surface area contributed by atoms with Gasteiger partial charge in [-0.05, 0) is 175 Å². The third-order valence-corrected chi connectivity index (χ3v) is 26.2. The zero-order chi connectivity index (χ0) is 76.8. The van der Waals surface area contributed by atoms with Crippen LogP contribution in [0.15, 0.2) is 99.0 Å². The molecule has 4 aromatic heterocycles. The van der Waals surface area contributed by atoms with Gasteiger partial charge in [-0.2, -0.15) is 10.5 Å². The summed E-state index contributed by atoms with van der Waals surface area (Å²) in [6.45, 7) is 17.1. The van der Waals surface area contributed by atoms with Crippen LogP contribution in [-0.4, -0.2) is 18.3 Å². The molecule has 0 radical (unpaired) electrons. The molecular formula is C96H102N6O8. The van der Waals surface area contributed by atoms with Crippen LogP contribution in [0.5, 0.6) is 0 Å². The number of pyridine rings is 4. The molecule has 16 aromatic rings. The van der Waals surface area contributed by atoms with Crippen LogP contribution in [0, 0.1) is 22.7 Å². The van der Waals surface area contributed by atoms with Crippen molar-refractivity contribution in [3.05, 3.63) is 155 Å². The molecule has 0 aliphatic heterocycles. The summed E-state index contributed by atoms with van der Waals surface area (Å²) in [7, 11) is 0. The fourth-order valence-electron chi connectivity index (χ4n) is 21.0. The molecule has 0 N–H and O–H groups in total. The van der Waals surface area contributed by atoms with Gasteiger partial charge >= 0.3 is 0 Å². The lowest BCUT2D eigenvalue weighted by atomic mass is 9.75. The Kier molecular flexibility index (Phi) is 20.3. The van der Waals surface area contributed by atoms with Crippen LogP contribution in [0.1, 0.15) is 296 Å². The van der Waals surface area contributed by atoms with Gasteiger partial charge in [-0.15, -0.1) is 0 Å². The normalized spacial score (nSPS) is 12.9. The van der Waals surface area contributed by atoms with E-state index >= 15 is 38.4 Å². The Morgan fingerprint density at radius 2 is 0.400 bits per heavy atom. The maximum atomic E-state index is 16.7. The Labute approximate surface area is 638 Å². The van der Waals surface area contributed by atoms with Crippen molar-refractivity contribution >= 4 is 162 Å². The first-order valence-corrected chi connectivity index (χ1v) is 42.4. The molecule has 0 unspecified atom stereocenters. The number of unbranched alkanes of at least 4 members (excludes halogenated alkanes) is 16. The molecule has 0 bridgehead atoms. The smallest absolute Gasteiger partial charge is 0.261 e. The Morgan fingerprint density at radius 3 is 0.627 bits per heavy atom. The highest BCUT2D eigenvalue weighted by molar-refractivity contribution is 6.57. The molecule has 0 saturated heterocycles. The molecule has 0 amide bonds. The lowest BCUT2D eigenvalue weighted by Gasteiger charge is -2.28. The molecule has 16 rings (SSSR count). The highest BCUT2D eigenvalue weighted by atomic mass is 16.2. The number of aromatic nitrogens is 4. The summed E-state index contributed by atoms with van der Waals surface area (Å²) in [4.78, 5) is 131. The monoisotopic (exact) mass is 1470 g/mol. The largest absolute Gasteiger partial charge is 0.271 e. The summed E-state index contributed by atoms with van der Waals surface area (Å²) < 4.78 is 6.02. The molecule has 0 atom stereocenters. The minimum Gasteiger partial charge on any atom is -0.271 e. The third kappa shape index (κ3) is 11.1. The standard InChI is InChI=1S/C96H102N6O8/c1-9-17-25-33-55(34-26-18-10-2)99-89(103)61-43-41-59-73-53(51-97)45-67-79-72(96(110)102(91(67)105)58(39-31-23-15-7)40-32-24-16-8)50-66-78-64-48-70-76-62(90(104)100(94(70)108)56(35-27-19-11-3)36-28-20-12-4)44-42-60-74-54(52-98)46-68-80-71(95(109)101(92(68)106)57(37-29-21-13-5)38-30-22-14-6)49-65(86(88(74)80)84(64)82(60)76)77(78)63-47-69(93(99)107)75(61)81(59)83(63)85(66)87(73)79/h41-50,55-58H,9-40H2,1-8H3. The maximum Gasteiger partial charge on any atom is 0.261 e. The van der Waals surface area contributed by atoms with Crippen molar-refractivity contribution in [2.45, 2.75) is 285 Å². The maximum absolute atomic E-state index is 16.7. The quantitative estimate of drug-likeness (QED) is 0.0206. The van der Waals surface area contributed by atoms with Gasteiger partial charge in [0, 0.05) is 99.6 Å². The molecule has 4 heterocycles. The van der Waals surface area contributed by atoms with Crippen molar-refractivity contribution in [3.63, 3.8) is 0 Å². The van der Waals surface area contributed by atoms with Gasteiger partial charge in [-0.3, -0.25) is 56.6 Å². The number of nitriles is 2. The van der Waals surface area contributed by atoms with Crippen LogP contribution in [-0.2, 0) is 0 Å². The first-order valence-electron chi connectivity index (χ1n) is 42.4. The molecule has 12 aromatic carbocycles. The Hall–Kier alpha value is -9.92. The molecule has 0 fully saturated rings. The number of hydrogen-bond donors (Lipinski definition) is 0. The minimum atomic E-state index is -0.463. The SMILES string of the molecule is CCCCCC(CCCCC)n1c(=O)c2ccc3c4c(C#N)cc5c(=O)n(C(CCCCC)CCCCC)c(=O)c6cc7c8c9cc%10c(=O)n(C(CCCCC)CCCCC)c(=O)c%11ccc%12c%13c(C#N)cc%14c(=O)n(C(CCCCC)CCCCC)c(=O)c%15cc(c8c8cc(c1=O)c2c3c8c7c4c56)c(c9c%12c%11%10)c%13c%14%15. The van der Waals surface area contributed by atoms with Gasteiger partial charge in [-0.25, -0.2) is 0 Å². The van der Waals surface area contributed by atoms with E-state index in [0.717, 1.165) is 154 Å². The van der Waals surface area contributed by atoms with Crippen LogP contribution in [0.25, 0.3) is 162 Å². The van der Waals surface area contributed by atoms with Gasteiger partial charge in [0.15, 0.2) is 0 Å². The zero-order valence-corrected chi connectivity index (χ0v) is 65.7. The van der Waals surface area contributed by atoms with Crippen molar-refractivity contribution in [2.75, 3.05) is 0 Å². The van der Waals surface area contributed by atoms with Gasteiger partial charge in [0.25, 0.3) is 44.5 Å². The predicted molar refractivity (Wildman–Crippen MR) is 459 cm³/mol. The summed E-state index contributed by atoms with van der Waals surface area (Å²) in [5.41, 5.74) is -3.11. The second-order valence-electron chi connectivity index (χ2n) is 32.9. The van der Waals surface area contributed by atoms with Gasteiger partial charge in [0.05, 0.1) is 34.0 Å². The number of rotatable bonds is 36. The molecule has 14 nitrogen and oxygen atoms in total. The van der Waals surface area contributed by atoms with E-state index in [-0.39, 0.29) is 32.7 Å². The molecule has 0 aliphatic carbocycles. The highest BCUT2D eigenvalue weighted by Gasteiger charge is 2.36. The van der Waals surface area contributed by atoms with Crippen molar-refractivity contribution < 1.29 is 0 Å². The first kappa shape index (κ1) is 74.2. The van der Waals surface area contributed by atoms with Crippen LogP contribution in [0.4, 0.5) is 0 Å². The van der Waals surface area contributed by atoms with Gasteiger partial charge < -0.3 is 0 Å². The average Bonchev–Trinajstić information content (AvgIpc) is 0.648. The third-order valence-electron chi connectivity index (χ3n) is 26.2. The highest BCUT2D eigenvalue weighted by Crippen LogP contribution is 2.58. The van der Waals surface area contributed by atoms with E-state index in [4.69, 9.17) is 0 Å². The molecular weight excluding hydrogens is 1370 g/mol. The van der Waals surface area contributed by atoms with Crippen LogP contribution < -0.4 is 44.5 Å². The fourth-order valence-corrected chi connectivity index (χ4v) is 21.0. The van der Waals surface area contributed by atoms with E-state index in [9.17, 15) is 10.5 Å². The summed E-state index contributed by atoms with van der Waals surface area (Å²) in [5, 5.41) is 38.0. The number of hydrogen-bond acceptors (Lipinski definition) is 10.